The topological polar surface area (TPSA) is 72.9 Å². The Labute approximate surface area is 138 Å². The van der Waals surface area contributed by atoms with Gasteiger partial charge in [-0.1, -0.05) is 23.2 Å². The molecular weight excluding hydrogens is 323 g/mol. The fourth-order valence-corrected chi connectivity index (χ4v) is 3.27. The molecule has 2 heterocycles. The van der Waals surface area contributed by atoms with Crippen LogP contribution in [0.3, 0.4) is 0 Å². The molecule has 0 fully saturated rings. The number of amides is 1. The predicted molar refractivity (Wildman–Crippen MR) is 86.9 cm³/mol. The number of halogens is 2. The van der Waals surface area contributed by atoms with E-state index < -0.39 is 0 Å². The van der Waals surface area contributed by atoms with Crippen molar-refractivity contribution in [1.82, 2.24) is 15.1 Å². The number of nitrogens with two attached hydrogens (primary N) is 1. The van der Waals surface area contributed by atoms with E-state index in [9.17, 15) is 4.79 Å². The smallest absolute Gasteiger partial charge is 0.219 e. The van der Waals surface area contributed by atoms with Crippen LogP contribution in [0.4, 0.5) is 0 Å². The fourth-order valence-electron chi connectivity index (χ4n) is 2.74. The van der Waals surface area contributed by atoms with E-state index in [1.807, 2.05) is 16.8 Å². The van der Waals surface area contributed by atoms with E-state index in [0.717, 1.165) is 42.0 Å². The van der Waals surface area contributed by atoms with Gasteiger partial charge in [-0.25, -0.2) is 0 Å². The van der Waals surface area contributed by atoms with Crippen LogP contribution in [0, 0.1) is 0 Å². The van der Waals surface area contributed by atoms with Gasteiger partial charge in [0, 0.05) is 59.3 Å². The minimum Gasteiger partial charge on any atom is -0.370 e. The number of primary amides is 1. The molecule has 3 N–H and O–H groups in total. The summed E-state index contributed by atoms with van der Waals surface area (Å²) in [7, 11) is 0. The minimum atomic E-state index is -0.328. The quantitative estimate of drug-likeness (QED) is 0.898. The zero-order valence-corrected chi connectivity index (χ0v) is 13.4. The van der Waals surface area contributed by atoms with E-state index >= 15 is 0 Å². The number of carbonyl (C=O) groups excluding carboxylic acids is 1. The lowest BCUT2D eigenvalue weighted by Crippen LogP contribution is -2.25. The lowest BCUT2D eigenvalue weighted by atomic mass is 10.0. The van der Waals surface area contributed by atoms with Gasteiger partial charge in [-0.2, -0.15) is 5.10 Å². The summed E-state index contributed by atoms with van der Waals surface area (Å²) in [4.78, 5) is 11.0. The van der Waals surface area contributed by atoms with Crippen LogP contribution >= 0.6 is 23.2 Å². The van der Waals surface area contributed by atoms with Crippen LogP contribution in [-0.4, -0.2) is 22.2 Å². The normalized spacial score (nSPS) is 13.9. The summed E-state index contributed by atoms with van der Waals surface area (Å²) in [6.45, 7) is 2.13. The number of carbonyl (C=O) groups is 1. The Balaban J connectivity index is 2.05. The van der Waals surface area contributed by atoms with Gasteiger partial charge in [-0.15, -0.1) is 0 Å². The van der Waals surface area contributed by atoms with Crippen LogP contribution in [0.25, 0.3) is 11.3 Å². The second-order valence-corrected chi connectivity index (χ2v) is 6.17. The van der Waals surface area contributed by atoms with Gasteiger partial charge < -0.3 is 11.1 Å². The number of hydrogen-bond donors (Lipinski definition) is 2. The van der Waals surface area contributed by atoms with Gasteiger partial charge in [0.25, 0.3) is 0 Å². The number of nitrogens with zero attached hydrogens (tertiary/aromatic N) is 2. The molecule has 0 saturated carbocycles. The average Bonchev–Trinajstić information content (AvgIpc) is 2.83. The molecule has 2 aromatic rings. The Morgan fingerprint density at radius 2 is 2.05 bits per heavy atom. The van der Waals surface area contributed by atoms with Gasteiger partial charge in [0.1, 0.15) is 0 Å². The minimum absolute atomic E-state index is 0.275. The Hall–Kier alpha value is -1.56. The number of fused-ring (bicyclic) bond motifs is 1. The lowest BCUT2D eigenvalue weighted by Gasteiger charge is -2.15. The first-order valence-corrected chi connectivity index (χ1v) is 7.84. The van der Waals surface area contributed by atoms with Crippen LogP contribution in [0.1, 0.15) is 17.7 Å². The van der Waals surface area contributed by atoms with Gasteiger partial charge in [0.05, 0.1) is 5.69 Å². The van der Waals surface area contributed by atoms with Crippen LogP contribution < -0.4 is 11.1 Å². The molecule has 1 aliphatic heterocycles. The van der Waals surface area contributed by atoms with Crippen LogP contribution in [0.5, 0.6) is 0 Å². The van der Waals surface area contributed by atoms with E-state index in [0.29, 0.717) is 16.6 Å². The summed E-state index contributed by atoms with van der Waals surface area (Å²) in [5, 5.41) is 9.17. The summed E-state index contributed by atoms with van der Waals surface area (Å²) in [6.07, 6.45) is 1.15. The second-order valence-electron chi connectivity index (χ2n) is 5.30. The number of rotatable bonds is 4. The van der Waals surface area contributed by atoms with E-state index in [1.165, 1.54) is 0 Å². The van der Waals surface area contributed by atoms with E-state index in [2.05, 4.69) is 10.4 Å². The van der Waals surface area contributed by atoms with Crippen molar-refractivity contribution in [3.05, 3.63) is 39.5 Å². The molecule has 0 atom stereocenters. The maximum Gasteiger partial charge on any atom is 0.219 e. The zero-order chi connectivity index (χ0) is 15.7. The molecule has 1 aromatic carbocycles. The van der Waals surface area contributed by atoms with E-state index in [1.54, 1.807) is 6.07 Å². The highest BCUT2D eigenvalue weighted by Crippen LogP contribution is 2.31. The molecule has 5 nitrogen and oxygen atoms in total. The van der Waals surface area contributed by atoms with Gasteiger partial charge in [0.2, 0.25) is 5.91 Å². The summed E-state index contributed by atoms with van der Waals surface area (Å²) < 4.78 is 1.88. The van der Waals surface area contributed by atoms with Crippen LogP contribution in [0.15, 0.2) is 18.2 Å². The first-order chi connectivity index (χ1) is 10.5. The predicted octanol–water partition coefficient (Wildman–Crippen LogP) is 2.38. The Kier molecular flexibility index (Phi) is 4.38. The molecule has 3 rings (SSSR count). The third-order valence-electron chi connectivity index (χ3n) is 3.71. The molecule has 7 heteroatoms. The first kappa shape index (κ1) is 15.3. The van der Waals surface area contributed by atoms with E-state index in [4.69, 9.17) is 28.9 Å². The first-order valence-electron chi connectivity index (χ1n) is 7.08. The molecule has 0 spiro atoms. The molecule has 22 heavy (non-hydrogen) atoms. The molecular formula is C15H16Cl2N4O. The maximum absolute atomic E-state index is 11.0. The number of aryl methyl sites for hydroxylation is 1. The van der Waals surface area contributed by atoms with Crippen molar-refractivity contribution in [2.75, 3.05) is 6.54 Å². The number of nitrogens with one attached hydrogen (secondary N) is 1. The van der Waals surface area contributed by atoms with Crippen LogP contribution in [-0.2, 0) is 24.3 Å². The highest BCUT2D eigenvalue weighted by Gasteiger charge is 2.22. The molecule has 0 bridgehead atoms. The van der Waals surface area contributed by atoms with Crippen molar-refractivity contribution in [2.45, 2.75) is 25.9 Å². The van der Waals surface area contributed by atoms with Crippen molar-refractivity contribution in [1.29, 1.82) is 0 Å². The Morgan fingerprint density at radius 3 is 2.73 bits per heavy atom. The number of hydrogen-bond acceptors (Lipinski definition) is 3. The van der Waals surface area contributed by atoms with Crippen molar-refractivity contribution in [3.63, 3.8) is 0 Å². The zero-order valence-electron chi connectivity index (χ0n) is 11.9. The highest BCUT2D eigenvalue weighted by molar-refractivity contribution is 6.35. The molecule has 1 amide bonds. The van der Waals surface area contributed by atoms with Crippen molar-refractivity contribution < 1.29 is 4.79 Å². The molecule has 0 radical (unpaired) electrons. The summed E-state index contributed by atoms with van der Waals surface area (Å²) >= 11 is 12.2. The molecule has 0 unspecified atom stereocenters. The van der Waals surface area contributed by atoms with Gasteiger partial charge in [-0.3, -0.25) is 9.48 Å². The molecule has 0 aliphatic carbocycles. The molecule has 0 saturated heterocycles. The van der Waals surface area contributed by atoms with Gasteiger partial charge >= 0.3 is 0 Å². The lowest BCUT2D eigenvalue weighted by molar-refractivity contribution is -0.118. The molecule has 1 aliphatic rings. The standard InChI is InChI=1S/C15H16Cl2N4O/c16-10-5-9(6-11(17)7-10)15-12-8-19-3-1-13(12)21(20-15)4-2-14(18)22/h5-7,19H,1-4,8H2,(H2,18,22). The summed E-state index contributed by atoms with van der Waals surface area (Å²) in [5.41, 5.74) is 9.27. The third-order valence-corrected chi connectivity index (χ3v) is 4.15. The number of aromatic nitrogens is 2. The fraction of sp³-hybridized carbons (Fsp3) is 0.333. The SMILES string of the molecule is NC(=O)CCn1nc(-c2cc(Cl)cc(Cl)c2)c2c1CCNC2. The van der Waals surface area contributed by atoms with Crippen molar-refractivity contribution >= 4 is 29.1 Å². The Bertz CT molecular complexity index is 706. The molecule has 116 valence electrons. The largest absolute Gasteiger partial charge is 0.370 e. The average molecular weight is 339 g/mol. The molecule has 1 aromatic heterocycles. The van der Waals surface area contributed by atoms with Crippen molar-refractivity contribution in [3.8, 4) is 11.3 Å². The monoisotopic (exact) mass is 338 g/mol. The maximum atomic E-state index is 11.0. The third kappa shape index (κ3) is 3.11. The summed E-state index contributed by atoms with van der Waals surface area (Å²) in [6, 6.07) is 5.40. The van der Waals surface area contributed by atoms with Crippen LogP contribution in [0.2, 0.25) is 10.0 Å². The van der Waals surface area contributed by atoms with E-state index in [-0.39, 0.29) is 12.3 Å². The number of benzene rings is 1. The van der Waals surface area contributed by atoms with Crippen molar-refractivity contribution in [2.24, 2.45) is 5.73 Å². The highest BCUT2D eigenvalue weighted by atomic mass is 35.5. The Morgan fingerprint density at radius 1 is 1.32 bits per heavy atom. The van der Waals surface area contributed by atoms with Gasteiger partial charge in [-0.05, 0) is 18.2 Å². The summed E-state index contributed by atoms with van der Waals surface area (Å²) in [5.74, 6) is -0.328. The van der Waals surface area contributed by atoms with Gasteiger partial charge in [0.15, 0.2) is 0 Å². The second kappa shape index (κ2) is 6.28.